The molecule has 0 aliphatic rings. The zero-order chi connectivity index (χ0) is 23.7. The first kappa shape index (κ1) is 25.2. The number of nitrogens with two attached hydrogens (primary N) is 1. The molecule has 2 rings (SSSR count). The molecule has 0 saturated carbocycles. The first-order chi connectivity index (χ1) is 15.3. The van der Waals surface area contributed by atoms with Crippen molar-refractivity contribution in [1.82, 2.24) is 20.9 Å². The Morgan fingerprint density at radius 2 is 1.78 bits per heavy atom. The molecule has 1 aromatic carbocycles. The Bertz CT molecular complexity index is 963. The van der Waals surface area contributed by atoms with E-state index in [2.05, 4.69) is 20.9 Å². The fraction of sp³-hybridized carbons (Fsp3) is 0.429. The number of hydrogen-bond acceptors (Lipinski definition) is 6. The fourth-order valence-electron chi connectivity index (χ4n) is 3.14. The lowest BCUT2D eigenvalue weighted by Gasteiger charge is -2.23. The molecule has 7 N–H and O–H groups in total. The zero-order valence-electron chi connectivity index (χ0n) is 18.0. The molecule has 3 unspecified atom stereocenters. The molecule has 0 radical (unpaired) electrons. The van der Waals surface area contributed by atoms with E-state index in [0.717, 1.165) is 16.5 Å². The molecule has 174 valence electrons. The summed E-state index contributed by atoms with van der Waals surface area (Å²) in [4.78, 5) is 51.9. The quantitative estimate of drug-likeness (QED) is 0.257. The highest BCUT2D eigenvalue weighted by Crippen LogP contribution is 2.19. The number of nitrogens with one attached hydrogen (secondary N) is 4. The van der Waals surface area contributed by atoms with Crippen LogP contribution in [0.3, 0.4) is 0 Å². The van der Waals surface area contributed by atoms with Crippen LogP contribution in [0.4, 0.5) is 0 Å². The maximum Gasteiger partial charge on any atom is 0.325 e. The summed E-state index contributed by atoms with van der Waals surface area (Å²) in [7, 11) is 0. The second kappa shape index (κ2) is 12.1. The van der Waals surface area contributed by atoms with Crippen molar-refractivity contribution in [2.45, 2.75) is 37.9 Å². The fourth-order valence-corrected chi connectivity index (χ4v) is 3.61. The highest BCUT2D eigenvalue weighted by molar-refractivity contribution is 7.98. The molecule has 1 heterocycles. The second-order valence-corrected chi connectivity index (χ2v) is 8.28. The molecule has 2 aromatic rings. The number of thioether (sulfide) groups is 1. The van der Waals surface area contributed by atoms with Crippen molar-refractivity contribution < 1.29 is 24.3 Å². The highest BCUT2D eigenvalue weighted by Gasteiger charge is 2.29. The van der Waals surface area contributed by atoms with E-state index in [4.69, 9.17) is 10.8 Å². The first-order valence-corrected chi connectivity index (χ1v) is 11.5. The second-order valence-electron chi connectivity index (χ2n) is 7.30. The minimum Gasteiger partial charge on any atom is -0.480 e. The summed E-state index contributed by atoms with van der Waals surface area (Å²) in [6.07, 6.45) is 4.11. The van der Waals surface area contributed by atoms with Gasteiger partial charge in [0, 0.05) is 23.5 Å². The summed E-state index contributed by atoms with van der Waals surface area (Å²) in [5, 5.41) is 17.7. The number of carboxylic acid groups (broad SMARTS) is 1. The van der Waals surface area contributed by atoms with Gasteiger partial charge in [-0.1, -0.05) is 18.2 Å². The standard InChI is InChI=1S/C21H29N5O5S/c1-12(21(30)31)24-20(29)17(9-13-11-23-15-6-4-3-5-14(13)15)26-19(28)16(7-8-32-2)25-18(27)10-22/h3-6,11-12,16-17,23H,7-10,22H2,1-2H3,(H,24,29)(H,25,27)(H,26,28)(H,30,31). The number of fused-ring (bicyclic) bond motifs is 1. The largest absolute Gasteiger partial charge is 0.480 e. The molecular formula is C21H29N5O5S. The third kappa shape index (κ3) is 6.99. The van der Waals surface area contributed by atoms with Gasteiger partial charge in [-0.15, -0.1) is 0 Å². The number of carbonyl (C=O) groups is 4. The van der Waals surface area contributed by atoms with Crippen LogP contribution in [0.2, 0.25) is 0 Å². The number of aromatic amines is 1. The van der Waals surface area contributed by atoms with Crippen molar-refractivity contribution in [3.8, 4) is 0 Å². The van der Waals surface area contributed by atoms with E-state index in [-0.39, 0.29) is 13.0 Å². The maximum atomic E-state index is 12.9. The van der Waals surface area contributed by atoms with Gasteiger partial charge in [0.15, 0.2) is 0 Å². The van der Waals surface area contributed by atoms with E-state index in [1.807, 2.05) is 30.5 Å². The van der Waals surface area contributed by atoms with E-state index in [0.29, 0.717) is 12.2 Å². The Morgan fingerprint density at radius 1 is 1.09 bits per heavy atom. The van der Waals surface area contributed by atoms with E-state index < -0.39 is 41.8 Å². The number of carbonyl (C=O) groups excluding carboxylic acids is 3. The number of aliphatic carboxylic acids is 1. The van der Waals surface area contributed by atoms with Gasteiger partial charge in [-0.3, -0.25) is 19.2 Å². The maximum absolute atomic E-state index is 12.9. The van der Waals surface area contributed by atoms with Gasteiger partial charge >= 0.3 is 5.97 Å². The number of carboxylic acids is 1. The van der Waals surface area contributed by atoms with Gasteiger partial charge in [-0.25, -0.2) is 0 Å². The molecule has 10 nitrogen and oxygen atoms in total. The van der Waals surface area contributed by atoms with Crippen LogP contribution in [0.25, 0.3) is 10.9 Å². The first-order valence-electron chi connectivity index (χ1n) is 10.1. The Balaban J connectivity index is 2.25. The number of rotatable bonds is 12. The third-order valence-electron chi connectivity index (χ3n) is 4.91. The van der Waals surface area contributed by atoms with Crippen molar-refractivity contribution >= 4 is 46.4 Å². The number of amides is 3. The Labute approximate surface area is 190 Å². The van der Waals surface area contributed by atoms with E-state index in [9.17, 15) is 19.2 Å². The SMILES string of the molecule is CSCCC(NC(=O)CN)C(=O)NC(Cc1c[nH]c2ccccc12)C(=O)NC(C)C(=O)O. The molecule has 1 aromatic heterocycles. The zero-order valence-corrected chi connectivity index (χ0v) is 18.8. The lowest BCUT2D eigenvalue weighted by molar-refractivity contribution is -0.141. The van der Waals surface area contributed by atoms with E-state index in [1.54, 1.807) is 6.20 Å². The van der Waals surface area contributed by atoms with Crippen LogP contribution < -0.4 is 21.7 Å². The van der Waals surface area contributed by atoms with Crippen LogP contribution in [-0.2, 0) is 25.6 Å². The molecule has 0 aliphatic carbocycles. The Morgan fingerprint density at radius 3 is 2.44 bits per heavy atom. The number of benzene rings is 1. The normalized spacial score (nSPS) is 13.7. The van der Waals surface area contributed by atoms with Crippen molar-refractivity contribution in [1.29, 1.82) is 0 Å². The van der Waals surface area contributed by atoms with Crippen LogP contribution >= 0.6 is 11.8 Å². The molecule has 0 spiro atoms. The van der Waals surface area contributed by atoms with Gasteiger partial charge in [-0.2, -0.15) is 11.8 Å². The number of H-pyrrole nitrogens is 1. The molecule has 32 heavy (non-hydrogen) atoms. The van der Waals surface area contributed by atoms with Crippen molar-refractivity contribution in [2.75, 3.05) is 18.6 Å². The van der Waals surface area contributed by atoms with E-state index >= 15 is 0 Å². The van der Waals surface area contributed by atoms with Crippen LogP contribution in [0.1, 0.15) is 18.9 Å². The molecule has 0 saturated heterocycles. The van der Waals surface area contributed by atoms with Gasteiger partial charge in [0.25, 0.3) is 0 Å². The van der Waals surface area contributed by atoms with Crippen LogP contribution in [-0.4, -0.2) is 70.5 Å². The average molecular weight is 464 g/mol. The summed E-state index contributed by atoms with van der Waals surface area (Å²) >= 11 is 1.51. The van der Waals surface area contributed by atoms with Gasteiger partial charge in [0.1, 0.15) is 18.1 Å². The van der Waals surface area contributed by atoms with Crippen molar-refractivity contribution in [2.24, 2.45) is 5.73 Å². The van der Waals surface area contributed by atoms with Crippen molar-refractivity contribution in [3.05, 3.63) is 36.0 Å². The summed E-state index contributed by atoms with van der Waals surface area (Å²) in [6.45, 7) is 1.08. The summed E-state index contributed by atoms with van der Waals surface area (Å²) < 4.78 is 0. The molecule has 11 heteroatoms. The van der Waals surface area contributed by atoms with Crippen molar-refractivity contribution in [3.63, 3.8) is 0 Å². The molecular weight excluding hydrogens is 434 g/mol. The number of para-hydroxylation sites is 1. The predicted octanol–water partition coefficient (Wildman–Crippen LogP) is -0.0189. The minimum atomic E-state index is -1.19. The van der Waals surface area contributed by atoms with Gasteiger partial charge in [0.05, 0.1) is 6.54 Å². The van der Waals surface area contributed by atoms with Crippen LogP contribution in [0.5, 0.6) is 0 Å². The smallest absolute Gasteiger partial charge is 0.325 e. The Kier molecular flexibility index (Phi) is 9.54. The molecule has 3 atom stereocenters. The summed E-state index contributed by atoms with van der Waals surface area (Å²) in [5.74, 6) is -2.23. The van der Waals surface area contributed by atoms with Gasteiger partial charge < -0.3 is 31.8 Å². The summed E-state index contributed by atoms with van der Waals surface area (Å²) in [5.41, 5.74) is 7.02. The molecule has 0 aliphatic heterocycles. The summed E-state index contributed by atoms with van der Waals surface area (Å²) in [6, 6.07) is 4.47. The topological polar surface area (TPSA) is 166 Å². The third-order valence-corrected chi connectivity index (χ3v) is 5.55. The highest BCUT2D eigenvalue weighted by atomic mass is 32.2. The van der Waals surface area contributed by atoms with Crippen LogP contribution in [0.15, 0.2) is 30.5 Å². The monoisotopic (exact) mass is 463 g/mol. The number of aromatic nitrogens is 1. The average Bonchev–Trinajstić information content (AvgIpc) is 3.18. The molecule has 3 amide bonds. The molecule has 0 fully saturated rings. The number of hydrogen-bond donors (Lipinski definition) is 6. The predicted molar refractivity (Wildman–Crippen MR) is 123 cm³/mol. The lowest BCUT2D eigenvalue weighted by Crippen LogP contribution is -2.56. The van der Waals surface area contributed by atoms with Gasteiger partial charge in [0.2, 0.25) is 17.7 Å². The van der Waals surface area contributed by atoms with Gasteiger partial charge in [-0.05, 0) is 37.0 Å². The Hall–Kier alpha value is -3.05. The minimum absolute atomic E-state index is 0.133. The lowest BCUT2D eigenvalue weighted by atomic mass is 10.0. The van der Waals surface area contributed by atoms with E-state index in [1.165, 1.54) is 18.7 Å². The van der Waals surface area contributed by atoms with Crippen LogP contribution in [0, 0.1) is 0 Å². The molecule has 0 bridgehead atoms.